The number of hydrogen-bond donors (Lipinski definition) is 0. The van der Waals surface area contributed by atoms with Crippen LogP contribution in [0, 0.1) is 17.8 Å². The first kappa shape index (κ1) is 29.9. The molecule has 3 atom stereocenters. The van der Waals surface area contributed by atoms with E-state index in [4.69, 9.17) is 4.52 Å². The Morgan fingerprint density at radius 3 is 1.41 bits per heavy atom. The van der Waals surface area contributed by atoms with Crippen molar-refractivity contribution in [3.63, 3.8) is 0 Å². The van der Waals surface area contributed by atoms with Crippen molar-refractivity contribution in [1.82, 2.24) is 0 Å². The highest BCUT2D eigenvalue weighted by atomic mass is 33.1. The Hall–Kier alpha value is 0.890. The van der Waals surface area contributed by atoms with Gasteiger partial charge in [0, 0.05) is 11.5 Å². The van der Waals surface area contributed by atoms with Crippen LogP contribution < -0.4 is 0 Å². The Morgan fingerprint density at radius 2 is 1.03 bits per heavy atom. The Morgan fingerprint density at radius 1 is 0.655 bits per heavy atom. The van der Waals surface area contributed by atoms with Crippen LogP contribution in [0.2, 0.25) is 0 Å². The van der Waals surface area contributed by atoms with Gasteiger partial charge in [-0.25, -0.2) is 0 Å². The SMILES string of the molecule is CCCCCC(C)COP(=O)(SCC(C)CCCCC)SCC(C)CCCCC. The Kier molecular flexibility index (Phi) is 20.2. The highest BCUT2D eigenvalue weighted by Crippen LogP contribution is 2.70. The molecule has 2 nitrogen and oxygen atoms in total. The van der Waals surface area contributed by atoms with Crippen molar-refractivity contribution in [1.29, 1.82) is 0 Å². The van der Waals surface area contributed by atoms with Gasteiger partial charge < -0.3 is 4.52 Å². The molecule has 0 spiro atoms. The van der Waals surface area contributed by atoms with E-state index >= 15 is 0 Å². The number of unbranched alkanes of at least 4 members (excludes halogenated alkanes) is 6. The summed E-state index contributed by atoms with van der Waals surface area (Å²) in [5, 5.41) is 0. The van der Waals surface area contributed by atoms with Crippen LogP contribution in [0.4, 0.5) is 0 Å². The Balaban J connectivity index is 4.56. The molecule has 0 amide bonds. The zero-order valence-electron chi connectivity index (χ0n) is 20.4. The molecule has 0 fully saturated rings. The van der Waals surface area contributed by atoms with Crippen molar-refractivity contribution in [2.45, 2.75) is 119 Å². The van der Waals surface area contributed by atoms with E-state index in [-0.39, 0.29) is 0 Å². The smallest absolute Gasteiger partial charge is 0.313 e. The summed E-state index contributed by atoms with van der Waals surface area (Å²) in [5.41, 5.74) is 0. The fourth-order valence-corrected chi connectivity index (χ4v) is 10.5. The van der Waals surface area contributed by atoms with Crippen LogP contribution in [0.15, 0.2) is 0 Å². The second kappa shape index (κ2) is 19.6. The van der Waals surface area contributed by atoms with Crippen LogP contribution in [0.1, 0.15) is 119 Å². The van der Waals surface area contributed by atoms with Gasteiger partial charge in [0.05, 0.1) is 6.61 Å². The summed E-state index contributed by atoms with van der Waals surface area (Å²) < 4.78 is 19.8. The van der Waals surface area contributed by atoms with Crippen molar-refractivity contribution in [2.75, 3.05) is 18.1 Å². The van der Waals surface area contributed by atoms with Gasteiger partial charge in [-0.15, -0.1) is 0 Å². The van der Waals surface area contributed by atoms with Crippen LogP contribution in [-0.2, 0) is 9.09 Å². The maximum atomic E-state index is 13.6. The molecule has 0 heterocycles. The molecular formula is C24H51O2PS2. The fraction of sp³-hybridized carbons (Fsp3) is 1.00. The zero-order chi connectivity index (χ0) is 22.0. The summed E-state index contributed by atoms with van der Waals surface area (Å²) in [6.07, 6.45) is 15.2. The first-order valence-corrected chi connectivity index (χ1v) is 17.2. The van der Waals surface area contributed by atoms with E-state index in [1.54, 1.807) is 22.8 Å². The molecule has 29 heavy (non-hydrogen) atoms. The van der Waals surface area contributed by atoms with E-state index < -0.39 is 5.77 Å². The lowest BCUT2D eigenvalue weighted by Gasteiger charge is -2.22. The van der Waals surface area contributed by atoms with Gasteiger partial charge in [-0.2, -0.15) is 0 Å². The highest BCUT2D eigenvalue weighted by Gasteiger charge is 2.27. The van der Waals surface area contributed by atoms with Gasteiger partial charge in [-0.1, -0.05) is 122 Å². The maximum Gasteiger partial charge on any atom is 0.313 e. The monoisotopic (exact) mass is 466 g/mol. The molecule has 3 unspecified atom stereocenters. The average Bonchev–Trinajstić information content (AvgIpc) is 2.70. The first-order chi connectivity index (χ1) is 13.9. The highest BCUT2D eigenvalue weighted by molar-refractivity contribution is 8.89. The van der Waals surface area contributed by atoms with E-state index in [1.165, 1.54) is 77.0 Å². The molecule has 0 bridgehead atoms. The molecule has 0 aromatic rings. The van der Waals surface area contributed by atoms with E-state index in [1.807, 2.05) is 0 Å². The Bertz CT molecular complexity index is 349. The van der Waals surface area contributed by atoms with Gasteiger partial charge >= 0.3 is 5.77 Å². The van der Waals surface area contributed by atoms with Gasteiger partial charge in [0.2, 0.25) is 0 Å². The van der Waals surface area contributed by atoms with Crippen molar-refractivity contribution >= 4 is 28.5 Å². The molecule has 0 rings (SSSR count). The van der Waals surface area contributed by atoms with Crippen molar-refractivity contribution in [2.24, 2.45) is 17.8 Å². The van der Waals surface area contributed by atoms with Crippen molar-refractivity contribution < 1.29 is 9.09 Å². The van der Waals surface area contributed by atoms with Crippen LogP contribution >= 0.6 is 28.5 Å². The normalized spacial score (nSPS) is 17.0. The Labute approximate surface area is 191 Å². The topological polar surface area (TPSA) is 26.3 Å². The van der Waals surface area contributed by atoms with E-state index in [2.05, 4.69) is 41.5 Å². The second-order valence-corrected chi connectivity index (χ2v) is 16.6. The minimum atomic E-state index is -2.66. The van der Waals surface area contributed by atoms with E-state index in [0.29, 0.717) is 24.4 Å². The van der Waals surface area contributed by atoms with Crippen molar-refractivity contribution in [3.05, 3.63) is 0 Å². The lowest BCUT2D eigenvalue weighted by Crippen LogP contribution is -2.06. The molecule has 0 aromatic heterocycles. The molecule has 0 aliphatic carbocycles. The minimum Gasteiger partial charge on any atom is -0.313 e. The molecule has 0 N–H and O–H groups in total. The van der Waals surface area contributed by atoms with Gasteiger partial charge in [-0.05, 0) is 37.0 Å². The summed E-state index contributed by atoms with van der Waals surface area (Å²) >= 11 is 3.25. The summed E-state index contributed by atoms with van der Waals surface area (Å²) in [6.45, 7) is 14.2. The standard InChI is InChI=1S/C24H51O2PS2/c1-7-10-13-16-22(4)19-26-27(25,28-20-23(5)17-14-11-8-2)29-21-24(6)18-15-12-9-3/h22-24H,7-21H2,1-6H3. The number of rotatable bonds is 21. The van der Waals surface area contributed by atoms with E-state index in [0.717, 1.165) is 11.5 Å². The molecule has 0 aliphatic rings. The third-order valence-electron chi connectivity index (χ3n) is 5.45. The molecule has 176 valence electrons. The zero-order valence-corrected chi connectivity index (χ0v) is 22.9. The molecule has 0 saturated carbocycles. The molecule has 0 aromatic carbocycles. The third-order valence-corrected chi connectivity index (χ3v) is 13.3. The first-order valence-electron chi connectivity index (χ1n) is 12.4. The van der Waals surface area contributed by atoms with Crippen LogP contribution in [0.25, 0.3) is 0 Å². The van der Waals surface area contributed by atoms with Crippen LogP contribution in [0.5, 0.6) is 0 Å². The average molecular weight is 467 g/mol. The molecule has 5 heteroatoms. The molecule has 0 radical (unpaired) electrons. The van der Waals surface area contributed by atoms with E-state index in [9.17, 15) is 4.57 Å². The molecular weight excluding hydrogens is 415 g/mol. The quantitative estimate of drug-likeness (QED) is 0.124. The summed E-state index contributed by atoms with van der Waals surface area (Å²) in [5.74, 6) is 0.994. The number of hydrogen-bond acceptors (Lipinski definition) is 4. The van der Waals surface area contributed by atoms with Crippen molar-refractivity contribution in [3.8, 4) is 0 Å². The molecule has 0 saturated heterocycles. The van der Waals surface area contributed by atoms with Crippen LogP contribution in [-0.4, -0.2) is 18.1 Å². The van der Waals surface area contributed by atoms with Gasteiger partial charge in [0.25, 0.3) is 0 Å². The summed E-state index contributed by atoms with van der Waals surface area (Å²) in [7, 11) is 0. The summed E-state index contributed by atoms with van der Waals surface area (Å²) in [6, 6.07) is 0. The summed E-state index contributed by atoms with van der Waals surface area (Å²) in [4.78, 5) is 0. The predicted octanol–water partition coefficient (Wildman–Crippen LogP) is 10.2. The third kappa shape index (κ3) is 18.2. The van der Waals surface area contributed by atoms with Gasteiger partial charge in [0.15, 0.2) is 0 Å². The van der Waals surface area contributed by atoms with Gasteiger partial charge in [0.1, 0.15) is 0 Å². The van der Waals surface area contributed by atoms with Gasteiger partial charge in [-0.3, -0.25) is 4.57 Å². The predicted molar refractivity (Wildman–Crippen MR) is 138 cm³/mol. The fourth-order valence-electron chi connectivity index (χ4n) is 3.25. The lowest BCUT2D eigenvalue weighted by atomic mass is 10.0. The van der Waals surface area contributed by atoms with Crippen LogP contribution in [0.3, 0.4) is 0 Å². The molecule has 0 aliphatic heterocycles. The maximum absolute atomic E-state index is 13.6. The second-order valence-electron chi connectivity index (χ2n) is 9.14. The minimum absolute atomic E-state index is 0.500. The largest absolute Gasteiger partial charge is 0.313 e. The lowest BCUT2D eigenvalue weighted by molar-refractivity contribution is 0.264.